The number of rotatable bonds is 3. The molecule has 1 aromatic heterocycles. The van der Waals surface area contributed by atoms with Crippen molar-refractivity contribution >= 4 is 0 Å². The van der Waals surface area contributed by atoms with Crippen LogP contribution in [0, 0.1) is 0 Å². The molecular weight excluding hydrogens is 219 g/mol. The second-order valence-corrected chi connectivity index (χ2v) is 2.98. The maximum Gasteiger partial charge on any atom is 0.408 e. The highest BCUT2D eigenvalue weighted by Gasteiger charge is 2.31. The fraction of sp³-hybridized carbons (Fsp3) is 0.625. The Morgan fingerprint density at radius 3 is 2.40 bits per heavy atom. The predicted molar refractivity (Wildman–Crippen MR) is 42.6 cm³/mol. The minimum atomic E-state index is -4.54. The van der Waals surface area contributed by atoms with Crippen LogP contribution in [0.25, 0.3) is 0 Å². The lowest BCUT2D eigenvalue weighted by Crippen LogP contribution is -2.20. The summed E-state index contributed by atoms with van der Waals surface area (Å²) in [5, 5.41) is 3.31. The molecule has 0 aliphatic carbocycles. The van der Waals surface area contributed by atoms with Gasteiger partial charge in [-0.3, -0.25) is 4.68 Å². The Hall–Kier alpha value is -1.14. The van der Waals surface area contributed by atoms with Crippen molar-refractivity contribution < 1.29 is 22.0 Å². The van der Waals surface area contributed by atoms with Gasteiger partial charge in [-0.1, -0.05) is 6.92 Å². The molecule has 0 N–H and O–H groups in total. The monoisotopic (exact) mass is 228 g/mol. The average Bonchev–Trinajstić information content (AvgIpc) is 2.44. The molecular formula is C8H9F5N2. The minimum absolute atomic E-state index is 0.147. The van der Waals surface area contributed by atoms with Crippen LogP contribution >= 0.6 is 0 Å². The van der Waals surface area contributed by atoms with E-state index in [2.05, 4.69) is 5.10 Å². The van der Waals surface area contributed by atoms with Crippen molar-refractivity contribution in [2.45, 2.75) is 32.5 Å². The third kappa shape index (κ3) is 2.90. The number of hydrogen-bond donors (Lipinski definition) is 0. The molecule has 1 heterocycles. The molecule has 86 valence electrons. The van der Waals surface area contributed by atoms with E-state index in [0.717, 1.165) is 6.20 Å². The van der Waals surface area contributed by atoms with Gasteiger partial charge in [0, 0.05) is 0 Å². The van der Waals surface area contributed by atoms with Crippen LogP contribution in [0.15, 0.2) is 6.20 Å². The van der Waals surface area contributed by atoms with Crippen LogP contribution < -0.4 is 0 Å². The molecule has 0 atom stereocenters. The van der Waals surface area contributed by atoms with Crippen LogP contribution in [0.1, 0.15) is 24.6 Å². The molecule has 7 heteroatoms. The highest BCUT2D eigenvalue weighted by atomic mass is 19.4. The van der Waals surface area contributed by atoms with Crippen LogP contribution in [0.2, 0.25) is 0 Å². The molecule has 0 fully saturated rings. The molecule has 2 nitrogen and oxygen atoms in total. The van der Waals surface area contributed by atoms with Crippen molar-refractivity contribution in [3.05, 3.63) is 17.5 Å². The summed E-state index contributed by atoms with van der Waals surface area (Å²) in [4.78, 5) is 0. The first-order valence-electron chi connectivity index (χ1n) is 4.24. The van der Waals surface area contributed by atoms with E-state index < -0.39 is 24.8 Å². The van der Waals surface area contributed by atoms with Gasteiger partial charge in [0.1, 0.15) is 12.2 Å². The third-order valence-corrected chi connectivity index (χ3v) is 1.88. The molecule has 0 spiro atoms. The van der Waals surface area contributed by atoms with E-state index >= 15 is 0 Å². The highest BCUT2D eigenvalue weighted by Crippen LogP contribution is 2.26. The smallest absolute Gasteiger partial charge is 0.254 e. The van der Waals surface area contributed by atoms with Gasteiger partial charge in [-0.05, 0) is 12.0 Å². The van der Waals surface area contributed by atoms with Crippen molar-refractivity contribution in [1.82, 2.24) is 9.78 Å². The molecule has 0 aliphatic rings. The van der Waals surface area contributed by atoms with Crippen molar-refractivity contribution in [3.63, 3.8) is 0 Å². The normalized spacial score (nSPS) is 12.5. The van der Waals surface area contributed by atoms with Gasteiger partial charge < -0.3 is 0 Å². The second-order valence-electron chi connectivity index (χ2n) is 2.98. The molecule has 0 aromatic carbocycles. The fourth-order valence-electron chi connectivity index (χ4n) is 1.25. The average molecular weight is 228 g/mol. The number of hydrogen-bond acceptors (Lipinski definition) is 1. The first-order chi connectivity index (χ1) is 6.85. The summed E-state index contributed by atoms with van der Waals surface area (Å²) in [7, 11) is 0. The van der Waals surface area contributed by atoms with Gasteiger partial charge >= 0.3 is 6.18 Å². The van der Waals surface area contributed by atoms with Crippen molar-refractivity contribution in [3.8, 4) is 0 Å². The van der Waals surface area contributed by atoms with Crippen molar-refractivity contribution in [2.75, 3.05) is 0 Å². The zero-order valence-electron chi connectivity index (χ0n) is 7.85. The Labute approximate surface area is 82.7 Å². The van der Waals surface area contributed by atoms with Crippen LogP contribution in [0.5, 0.6) is 0 Å². The largest absolute Gasteiger partial charge is 0.408 e. The summed E-state index contributed by atoms with van der Waals surface area (Å²) in [5.74, 6) is 0. The first-order valence-corrected chi connectivity index (χ1v) is 4.24. The van der Waals surface area contributed by atoms with E-state index in [1.807, 2.05) is 0 Å². The summed E-state index contributed by atoms with van der Waals surface area (Å²) < 4.78 is 61.2. The van der Waals surface area contributed by atoms with Gasteiger partial charge in [-0.2, -0.15) is 18.3 Å². The minimum Gasteiger partial charge on any atom is -0.254 e. The molecule has 0 saturated heterocycles. The molecule has 1 rings (SSSR count). The van der Waals surface area contributed by atoms with E-state index in [-0.39, 0.29) is 12.0 Å². The van der Waals surface area contributed by atoms with Crippen molar-refractivity contribution in [2.24, 2.45) is 0 Å². The van der Waals surface area contributed by atoms with Gasteiger partial charge in [0.15, 0.2) is 0 Å². The number of aryl methyl sites for hydroxylation is 1. The van der Waals surface area contributed by atoms with E-state index in [1.165, 1.54) is 0 Å². The number of nitrogens with zero attached hydrogens (tertiary/aromatic N) is 2. The van der Waals surface area contributed by atoms with Gasteiger partial charge in [-0.15, -0.1) is 0 Å². The van der Waals surface area contributed by atoms with Gasteiger partial charge in [0.25, 0.3) is 6.43 Å². The Morgan fingerprint density at radius 2 is 2.00 bits per heavy atom. The summed E-state index contributed by atoms with van der Waals surface area (Å²) in [6, 6.07) is 0. The molecule has 0 unspecified atom stereocenters. The number of halogens is 5. The van der Waals surface area contributed by atoms with E-state index in [1.54, 1.807) is 6.92 Å². The van der Waals surface area contributed by atoms with Crippen molar-refractivity contribution in [1.29, 1.82) is 0 Å². The molecule has 0 amide bonds. The Balaban J connectivity index is 3.03. The second kappa shape index (κ2) is 4.16. The van der Waals surface area contributed by atoms with Crippen LogP contribution in [0.4, 0.5) is 22.0 Å². The summed E-state index contributed by atoms with van der Waals surface area (Å²) in [5.41, 5.74) is -0.496. The zero-order chi connectivity index (χ0) is 11.6. The lowest BCUT2D eigenvalue weighted by molar-refractivity contribution is -0.143. The van der Waals surface area contributed by atoms with E-state index in [9.17, 15) is 22.0 Å². The Morgan fingerprint density at radius 1 is 1.40 bits per heavy atom. The lowest BCUT2D eigenvalue weighted by Gasteiger charge is -2.10. The van der Waals surface area contributed by atoms with E-state index in [0.29, 0.717) is 4.68 Å². The van der Waals surface area contributed by atoms with Gasteiger partial charge in [-0.25, -0.2) is 8.78 Å². The summed E-state index contributed by atoms with van der Waals surface area (Å²) in [6.45, 7) is 0.105. The van der Waals surface area contributed by atoms with Crippen LogP contribution in [0.3, 0.4) is 0 Å². The molecule has 0 bridgehead atoms. The highest BCUT2D eigenvalue weighted by molar-refractivity contribution is 5.18. The number of aromatic nitrogens is 2. The van der Waals surface area contributed by atoms with Gasteiger partial charge in [0.05, 0.1) is 6.20 Å². The molecule has 0 aliphatic heterocycles. The quantitative estimate of drug-likeness (QED) is 0.727. The lowest BCUT2D eigenvalue weighted by atomic mass is 10.2. The van der Waals surface area contributed by atoms with Gasteiger partial charge in [0.2, 0.25) is 0 Å². The third-order valence-electron chi connectivity index (χ3n) is 1.88. The molecule has 0 radical (unpaired) electrons. The molecule has 15 heavy (non-hydrogen) atoms. The topological polar surface area (TPSA) is 17.8 Å². The standard InChI is InChI=1S/C8H9F5N2/c1-2-5-3-14-15(4-8(11,12)13)6(5)7(9)10/h3,7H,2,4H2,1H3. The zero-order valence-corrected chi connectivity index (χ0v) is 7.85. The summed E-state index contributed by atoms with van der Waals surface area (Å²) in [6.07, 6.45) is -6.20. The Bertz CT molecular complexity index is 328. The first kappa shape index (κ1) is 11.9. The maximum atomic E-state index is 12.5. The van der Waals surface area contributed by atoms with Crippen LogP contribution in [-0.4, -0.2) is 16.0 Å². The predicted octanol–water partition coefficient (Wildman–Crippen LogP) is 2.95. The number of alkyl halides is 5. The van der Waals surface area contributed by atoms with Crippen LogP contribution in [-0.2, 0) is 13.0 Å². The van der Waals surface area contributed by atoms with E-state index in [4.69, 9.17) is 0 Å². The summed E-state index contributed by atoms with van der Waals surface area (Å²) >= 11 is 0. The molecule has 1 aromatic rings. The SMILES string of the molecule is CCc1cnn(CC(F)(F)F)c1C(F)F. The maximum absolute atomic E-state index is 12.5. The molecule has 0 saturated carbocycles. The fourth-order valence-corrected chi connectivity index (χ4v) is 1.25. The Kier molecular flexibility index (Phi) is 3.31.